The fraction of sp³-hybridized carbons (Fsp3) is 0.182. The molecule has 82 valence electrons. The van der Waals surface area contributed by atoms with Gasteiger partial charge < -0.3 is 5.11 Å². The first-order chi connectivity index (χ1) is 7.81. The Hall–Kier alpha value is -2.01. The summed E-state index contributed by atoms with van der Waals surface area (Å²) in [4.78, 5) is 15.3. The molecule has 5 heteroatoms. The van der Waals surface area contributed by atoms with E-state index in [1.807, 2.05) is 12.1 Å². The fourth-order valence-corrected chi connectivity index (χ4v) is 1.38. The van der Waals surface area contributed by atoms with Crippen LogP contribution < -0.4 is 5.56 Å². The van der Waals surface area contributed by atoms with E-state index in [4.69, 9.17) is 5.11 Å². The number of rotatable bonds is 3. The highest BCUT2D eigenvalue weighted by Gasteiger charge is 2.02. The second-order valence-electron chi connectivity index (χ2n) is 3.24. The summed E-state index contributed by atoms with van der Waals surface area (Å²) < 4.78 is 1.25. The van der Waals surface area contributed by atoms with Gasteiger partial charge in [-0.2, -0.15) is 5.10 Å². The zero-order valence-corrected chi connectivity index (χ0v) is 8.58. The molecule has 0 saturated carbocycles. The van der Waals surface area contributed by atoms with E-state index in [0.29, 0.717) is 5.69 Å². The molecular formula is C11H11N3O2. The van der Waals surface area contributed by atoms with Gasteiger partial charge in [0.05, 0.1) is 18.8 Å². The molecular weight excluding hydrogens is 206 g/mol. The van der Waals surface area contributed by atoms with Gasteiger partial charge in [-0.15, -0.1) is 0 Å². The number of aromatic nitrogens is 3. The number of aliphatic hydroxyl groups excluding tert-OH is 1. The predicted octanol–water partition coefficient (Wildman–Crippen LogP) is 0.298. The van der Waals surface area contributed by atoms with Gasteiger partial charge >= 0.3 is 0 Å². The minimum Gasteiger partial charge on any atom is -0.394 e. The SMILES string of the molecule is O=c1ccc(-c2ccncc2)nn1CCO. The van der Waals surface area contributed by atoms with Crippen LogP contribution in [0.5, 0.6) is 0 Å². The Morgan fingerprint density at radius 1 is 1.19 bits per heavy atom. The summed E-state index contributed by atoms with van der Waals surface area (Å²) in [5, 5.41) is 12.9. The van der Waals surface area contributed by atoms with Crippen molar-refractivity contribution in [2.45, 2.75) is 6.54 Å². The number of pyridine rings is 1. The highest BCUT2D eigenvalue weighted by atomic mass is 16.3. The van der Waals surface area contributed by atoms with Crippen LogP contribution in [0.3, 0.4) is 0 Å². The number of aliphatic hydroxyl groups is 1. The first-order valence-corrected chi connectivity index (χ1v) is 4.90. The van der Waals surface area contributed by atoms with Crippen LogP contribution in [0, 0.1) is 0 Å². The van der Waals surface area contributed by atoms with Gasteiger partial charge in [-0.3, -0.25) is 9.78 Å². The third kappa shape index (κ3) is 2.14. The minimum absolute atomic E-state index is 0.104. The van der Waals surface area contributed by atoms with Crippen LogP contribution in [-0.4, -0.2) is 26.5 Å². The van der Waals surface area contributed by atoms with Crippen molar-refractivity contribution in [2.24, 2.45) is 0 Å². The molecule has 0 amide bonds. The van der Waals surface area contributed by atoms with Crippen LogP contribution >= 0.6 is 0 Å². The molecule has 0 radical (unpaired) electrons. The molecule has 2 aromatic heterocycles. The maximum atomic E-state index is 11.4. The largest absolute Gasteiger partial charge is 0.394 e. The molecule has 5 nitrogen and oxygen atoms in total. The van der Waals surface area contributed by atoms with Gasteiger partial charge in [0, 0.05) is 24.0 Å². The van der Waals surface area contributed by atoms with E-state index < -0.39 is 0 Å². The maximum absolute atomic E-state index is 11.4. The van der Waals surface area contributed by atoms with Crippen molar-refractivity contribution < 1.29 is 5.11 Å². The van der Waals surface area contributed by atoms with Gasteiger partial charge in [0.15, 0.2) is 0 Å². The Morgan fingerprint density at radius 2 is 1.94 bits per heavy atom. The molecule has 0 bridgehead atoms. The van der Waals surface area contributed by atoms with Crippen LogP contribution in [0.2, 0.25) is 0 Å². The second kappa shape index (κ2) is 4.67. The van der Waals surface area contributed by atoms with E-state index in [1.165, 1.54) is 10.7 Å². The van der Waals surface area contributed by atoms with E-state index in [2.05, 4.69) is 10.1 Å². The molecule has 0 spiro atoms. The van der Waals surface area contributed by atoms with Gasteiger partial charge in [0.2, 0.25) is 0 Å². The topological polar surface area (TPSA) is 68.0 Å². The van der Waals surface area contributed by atoms with Gasteiger partial charge in [-0.05, 0) is 18.2 Å². The molecule has 2 heterocycles. The van der Waals surface area contributed by atoms with Crippen LogP contribution in [0.15, 0.2) is 41.5 Å². The molecule has 1 N–H and O–H groups in total. The van der Waals surface area contributed by atoms with Crippen molar-refractivity contribution >= 4 is 0 Å². The Morgan fingerprint density at radius 3 is 2.62 bits per heavy atom. The van der Waals surface area contributed by atoms with Crippen molar-refractivity contribution in [3.63, 3.8) is 0 Å². The Balaban J connectivity index is 2.44. The van der Waals surface area contributed by atoms with Crippen LogP contribution in [-0.2, 0) is 6.54 Å². The number of nitrogens with zero attached hydrogens (tertiary/aromatic N) is 3. The first-order valence-electron chi connectivity index (χ1n) is 4.90. The van der Waals surface area contributed by atoms with E-state index in [1.54, 1.807) is 18.5 Å². The van der Waals surface area contributed by atoms with Gasteiger partial charge in [-0.1, -0.05) is 0 Å². The lowest BCUT2D eigenvalue weighted by molar-refractivity contribution is 0.266. The number of hydrogen-bond donors (Lipinski definition) is 1. The third-order valence-electron chi connectivity index (χ3n) is 2.15. The average molecular weight is 217 g/mol. The monoisotopic (exact) mass is 217 g/mol. The third-order valence-corrected chi connectivity index (χ3v) is 2.15. The van der Waals surface area contributed by atoms with E-state index >= 15 is 0 Å². The highest BCUT2D eigenvalue weighted by molar-refractivity contribution is 5.56. The average Bonchev–Trinajstić information content (AvgIpc) is 2.33. The quantitative estimate of drug-likeness (QED) is 0.802. The van der Waals surface area contributed by atoms with Crippen LogP contribution in [0.1, 0.15) is 0 Å². The number of hydrogen-bond acceptors (Lipinski definition) is 4. The smallest absolute Gasteiger partial charge is 0.266 e. The molecule has 0 aliphatic heterocycles. The van der Waals surface area contributed by atoms with E-state index in [0.717, 1.165) is 5.56 Å². The van der Waals surface area contributed by atoms with Gasteiger partial charge in [-0.25, -0.2) is 4.68 Å². The Labute approximate surface area is 92.0 Å². The molecule has 0 atom stereocenters. The maximum Gasteiger partial charge on any atom is 0.266 e. The summed E-state index contributed by atoms with van der Waals surface area (Å²) in [6.07, 6.45) is 3.33. The Bertz CT molecular complexity index is 522. The van der Waals surface area contributed by atoms with Crippen LogP contribution in [0.25, 0.3) is 11.3 Å². The van der Waals surface area contributed by atoms with Gasteiger partial charge in [0.1, 0.15) is 0 Å². The van der Waals surface area contributed by atoms with Crippen LogP contribution in [0.4, 0.5) is 0 Å². The van der Waals surface area contributed by atoms with Crippen molar-refractivity contribution in [1.29, 1.82) is 0 Å². The molecule has 2 rings (SSSR count). The fourth-order valence-electron chi connectivity index (χ4n) is 1.38. The second-order valence-corrected chi connectivity index (χ2v) is 3.24. The molecule has 0 aliphatic carbocycles. The predicted molar refractivity (Wildman–Crippen MR) is 58.8 cm³/mol. The lowest BCUT2D eigenvalue weighted by Gasteiger charge is -2.04. The zero-order valence-electron chi connectivity index (χ0n) is 8.58. The van der Waals surface area contributed by atoms with Crippen molar-refractivity contribution in [3.05, 3.63) is 47.0 Å². The minimum atomic E-state index is -0.216. The summed E-state index contributed by atoms with van der Waals surface area (Å²) in [6.45, 7) is 0.102. The molecule has 0 fully saturated rings. The summed E-state index contributed by atoms with van der Waals surface area (Å²) >= 11 is 0. The van der Waals surface area contributed by atoms with E-state index in [-0.39, 0.29) is 18.7 Å². The normalized spacial score (nSPS) is 10.3. The molecule has 0 aromatic carbocycles. The van der Waals surface area contributed by atoms with Gasteiger partial charge in [0.25, 0.3) is 5.56 Å². The van der Waals surface area contributed by atoms with Crippen molar-refractivity contribution in [2.75, 3.05) is 6.61 Å². The molecule has 16 heavy (non-hydrogen) atoms. The molecule has 2 aromatic rings. The summed E-state index contributed by atoms with van der Waals surface area (Å²) in [5.74, 6) is 0. The standard InChI is InChI=1S/C11H11N3O2/c15-8-7-14-11(16)2-1-10(13-14)9-3-5-12-6-4-9/h1-6,15H,7-8H2. The first kappa shape index (κ1) is 10.5. The van der Waals surface area contributed by atoms with E-state index in [9.17, 15) is 4.79 Å². The Kier molecular flexibility index (Phi) is 3.07. The molecule has 0 saturated heterocycles. The van der Waals surface area contributed by atoms with Crippen molar-refractivity contribution in [3.8, 4) is 11.3 Å². The molecule has 0 aliphatic rings. The summed E-state index contributed by atoms with van der Waals surface area (Å²) in [5.41, 5.74) is 1.36. The summed E-state index contributed by atoms with van der Waals surface area (Å²) in [7, 11) is 0. The highest BCUT2D eigenvalue weighted by Crippen LogP contribution is 2.12. The molecule has 0 unspecified atom stereocenters. The summed E-state index contributed by atoms with van der Waals surface area (Å²) in [6, 6.07) is 6.73. The van der Waals surface area contributed by atoms with Crippen molar-refractivity contribution in [1.82, 2.24) is 14.8 Å². The lowest BCUT2D eigenvalue weighted by atomic mass is 10.2. The zero-order chi connectivity index (χ0) is 11.4. The lowest BCUT2D eigenvalue weighted by Crippen LogP contribution is -2.23.